The molecule has 2 rings (SSSR count). The van der Waals surface area contributed by atoms with Crippen LogP contribution in [0.5, 0.6) is 0 Å². The average molecular weight is 232 g/mol. The second-order valence-corrected chi connectivity index (χ2v) is 6.57. The number of hydrogen-bond acceptors (Lipinski definition) is 0. The summed E-state index contributed by atoms with van der Waals surface area (Å²) in [7, 11) is 0. The van der Waals surface area contributed by atoms with Crippen molar-refractivity contribution in [2.75, 3.05) is 0 Å². The fourth-order valence-electron chi connectivity index (χ4n) is 3.93. The summed E-state index contributed by atoms with van der Waals surface area (Å²) in [4.78, 5) is 0. The van der Waals surface area contributed by atoms with Crippen LogP contribution in [-0.2, 0) is 0 Å². The maximum Gasteiger partial charge on any atom is 0.0231 e. The monoisotopic (exact) mass is 232 g/mol. The highest BCUT2D eigenvalue weighted by Crippen LogP contribution is 2.43. The third-order valence-corrected chi connectivity index (χ3v) is 5.29. The van der Waals surface area contributed by atoms with Crippen LogP contribution < -0.4 is 0 Å². The topological polar surface area (TPSA) is 0 Å². The Kier molecular flexibility index (Phi) is 4.55. The Morgan fingerprint density at radius 2 is 1.47 bits per heavy atom. The van der Waals surface area contributed by atoms with Crippen molar-refractivity contribution in [3.05, 3.63) is 0 Å². The Labute approximate surface area is 108 Å². The lowest BCUT2D eigenvalue weighted by Gasteiger charge is -2.39. The van der Waals surface area contributed by atoms with Gasteiger partial charge in [0, 0.05) is 5.92 Å². The highest BCUT2D eigenvalue weighted by molar-refractivity contribution is 5.05. The number of rotatable bonds is 1. The first-order valence-electron chi connectivity index (χ1n) is 7.63. The second kappa shape index (κ2) is 5.94. The lowest BCUT2D eigenvalue weighted by Crippen LogP contribution is -2.29. The van der Waals surface area contributed by atoms with E-state index in [0.29, 0.717) is 5.92 Å². The molecular formula is C17H28. The van der Waals surface area contributed by atoms with Crippen molar-refractivity contribution >= 4 is 0 Å². The van der Waals surface area contributed by atoms with E-state index in [1.165, 1.54) is 44.9 Å². The highest BCUT2D eigenvalue weighted by Gasteiger charge is 2.32. The SMILES string of the molecule is CC#CC1C[C@H](C2CCC(C)CC2)CC[C@H]1C. The summed E-state index contributed by atoms with van der Waals surface area (Å²) in [6.45, 7) is 6.82. The van der Waals surface area contributed by atoms with Crippen molar-refractivity contribution in [3.8, 4) is 11.8 Å². The standard InChI is InChI=1S/C17H28/c1-4-5-16-12-17(11-8-14(16)3)15-9-6-13(2)7-10-15/h13-17H,6-12H2,1-3H3/t13?,14-,15?,16?,17-/m1/s1. The van der Waals surface area contributed by atoms with E-state index in [2.05, 4.69) is 25.7 Å². The summed E-state index contributed by atoms with van der Waals surface area (Å²) in [5, 5.41) is 0. The molecule has 0 heteroatoms. The van der Waals surface area contributed by atoms with Crippen LogP contribution >= 0.6 is 0 Å². The van der Waals surface area contributed by atoms with Gasteiger partial charge in [0.05, 0.1) is 0 Å². The molecule has 0 bridgehead atoms. The van der Waals surface area contributed by atoms with Gasteiger partial charge >= 0.3 is 0 Å². The van der Waals surface area contributed by atoms with E-state index in [1.807, 2.05) is 6.92 Å². The molecule has 2 fully saturated rings. The Hall–Kier alpha value is -0.440. The highest BCUT2D eigenvalue weighted by atomic mass is 14.4. The number of hydrogen-bond donors (Lipinski definition) is 0. The van der Waals surface area contributed by atoms with Crippen LogP contribution in [0.25, 0.3) is 0 Å². The molecule has 96 valence electrons. The minimum Gasteiger partial charge on any atom is -0.106 e. The average Bonchev–Trinajstić information content (AvgIpc) is 2.33. The van der Waals surface area contributed by atoms with Gasteiger partial charge in [0.1, 0.15) is 0 Å². The predicted octanol–water partition coefficient (Wildman–Crippen LogP) is 4.89. The Bertz CT molecular complexity index is 285. The van der Waals surface area contributed by atoms with Crippen LogP contribution in [0.4, 0.5) is 0 Å². The molecule has 0 aromatic carbocycles. The maximum atomic E-state index is 3.46. The van der Waals surface area contributed by atoms with E-state index in [4.69, 9.17) is 0 Å². The summed E-state index contributed by atoms with van der Waals surface area (Å²) in [5.41, 5.74) is 0. The smallest absolute Gasteiger partial charge is 0.0231 e. The summed E-state index contributed by atoms with van der Waals surface area (Å²) >= 11 is 0. The summed E-state index contributed by atoms with van der Waals surface area (Å²) < 4.78 is 0. The molecule has 0 aromatic heterocycles. The van der Waals surface area contributed by atoms with Crippen molar-refractivity contribution in [2.24, 2.45) is 29.6 Å². The molecule has 1 unspecified atom stereocenters. The summed E-state index contributed by atoms with van der Waals surface area (Å²) in [5.74, 6) is 11.1. The van der Waals surface area contributed by atoms with Gasteiger partial charge in [-0.3, -0.25) is 0 Å². The van der Waals surface area contributed by atoms with Gasteiger partial charge in [-0.25, -0.2) is 0 Å². The first-order valence-corrected chi connectivity index (χ1v) is 7.63. The molecule has 0 heterocycles. The molecule has 0 saturated heterocycles. The van der Waals surface area contributed by atoms with Gasteiger partial charge in [0.25, 0.3) is 0 Å². The van der Waals surface area contributed by atoms with Gasteiger partial charge in [-0.05, 0) is 62.7 Å². The van der Waals surface area contributed by atoms with Crippen LogP contribution in [0.1, 0.15) is 65.7 Å². The lowest BCUT2D eigenvalue weighted by atomic mass is 9.66. The molecular weight excluding hydrogens is 204 g/mol. The van der Waals surface area contributed by atoms with Crippen LogP contribution in [-0.4, -0.2) is 0 Å². The fourth-order valence-corrected chi connectivity index (χ4v) is 3.93. The Morgan fingerprint density at radius 3 is 2.12 bits per heavy atom. The first-order chi connectivity index (χ1) is 8.20. The van der Waals surface area contributed by atoms with E-state index in [-0.39, 0.29) is 0 Å². The zero-order valence-corrected chi connectivity index (χ0v) is 11.8. The van der Waals surface area contributed by atoms with Gasteiger partial charge < -0.3 is 0 Å². The second-order valence-electron chi connectivity index (χ2n) is 6.57. The van der Waals surface area contributed by atoms with Crippen molar-refractivity contribution in [1.82, 2.24) is 0 Å². The van der Waals surface area contributed by atoms with Crippen molar-refractivity contribution in [3.63, 3.8) is 0 Å². The molecule has 0 amide bonds. The van der Waals surface area contributed by atoms with Crippen LogP contribution in [0.2, 0.25) is 0 Å². The molecule has 0 nitrogen and oxygen atoms in total. The molecule has 2 aliphatic rings. The van der Waals surface area contributed by atoms with E-state index in [0.717, 1.165) is 23.7 Å². The molecule has 0 spiro atoms. The molecule has 3 atom stereocenters. The normalized spacial score (nSPS) is 42.6. The van der Waals surface area contributed by atoms with Crippen LogP contribution in [0.3, 0.4) is 0 Å². The van der Waals surface area contributed by atoms with E-state index in [9.17, 15) is 0 Å². The quantitative estimate of drug-likeness (QED) is 0.565. The largest absolute Gasteiger partial charge is 0.106 e. The maximum absolute atomic E-state index is 3.46. The fraction of sp³-hybridized carbons (Fsp3) is 0.882. The lowest BCUT2D eigenvalue weighted by molar-refractivity contribution is 0.133. The first kappa shape index (κ1) is 13.0. The van der Waals surface area contributed by atoms with Gasteiger partial charge in [0.2, 0.25) is 0 Å². The van der Waals surface area contributed by atoms with Crippen molar-refractivity contribution < 1.29 is 0 Å². The summed E-state index contributed by atoms with van der Waals surface area (Å²) in [6, 6.07) is 0. The minimum absolute atomic E-state index is 0.693. The molecule has 0 aliphatic heterocycles. The molecule has 0 radical (unpaired) electrons. The van der Waals surface area contributed by atoms with Crippen molar-refractivity contribution in [2.45, 2.75) is 65.7 Å². The predicted molar refractivity (Wildman–Crippen MR) is 74.6 cm³/mol. The van der Waals surface area contributed by atoms with Crippen LogP contribution in [0, 0.1) is 41.4 Å². The Balaban J connectivity index is 1.91. The van der Waals surface area contributed by atoms with Gasteiger partial charge in [-0.2, -0.15) is 0 Å². The third kappa shape index (κ3) is 3.27. The van der Waals surface area contributed by atoms with Crippen LogP contribution in [0.15, 0.2) is 0 Å². The van der Waals surface area contributed by atoms with Crippen molar-refractivity contribution in [1.29, 1.82) is 0 Å². The summed E-state index contributed by atoms with van der Waals surface area (Å²) in [6.07, 6.45) is 10.2. The van der Waals surface area contributed by atoms with E-state index < -0.39 is 0 Å². The van der Waals surface area contributed by atoms with Gasteiger partial charge in [-0.1, -0.05) is 32.6 Å². The van der Waals surface area contributed by atoms with Gasteiger partial charge in [-0.15, -0.1) is 5.92 Å². The Morgan fingerprint density at radius 1 is 0.824 bits per heavy atom. The minimum atomic E-state index is 0.693. The third-order valence-electron chi connectivity index (χ3n) is 5.29. The molecule has 0 aromatic rings. The van der Waals surface area contributed by atoms with E-state index in [1.54, 1.807) is 0 Å². The molecule has 2 saturated carbocycles. The molecule has 17 heavy (non-hydrogen) atoms. The zero-order valence-electron chi connectivity index (χ0n) is 11.8. The zero-order chi connectivity index (χ0) is 12.3. The molecule has 0 N–H and O–H groups in total. The van der Waals surface area contributed by atoms with E-state index >= 15 is 0 Å². The van der Waals surface area contributed by atoms with Gasteiger partial charge in [0.15, 0.2) is 0 Å². The molecule has 2 aliphatic carbocycles.